The third-order valence-electron chi connectivity index (χ3n) is 1.76. The Kier molecular flexibility index (Phi) is 3.81. The highest BCUT2D eigenvalue weighted by atomic mass is 35.5. The predicted molar refractivity (Wildman–Crippen MR) is 52.0 cm³/mol. The first-order valence-electron chi connectivity index (χ1n) is 3.93. The van der Waals surface area contributed by atoms with Gasteiger partial charge in [-0.3, -0.25) is 0 Å². The van der Waals surface area contributed by atoms with Crippen molar-refractivity contribution >= 4 is 23.2 Å². The molecule has 0 aliphatic rings. The zero-order valence-electron chi connectivity index (χ0n) is 7.35. The second-order valence-electron chi connectivity index (χ2n) is 2.95. The molecule has 2 N–H and O–H groups in total. The van der Waals surface area contributed by atoms with Crippen molar-refractivity contribution in [1.82, 2.24) is 4.98 Å². The fraction of sp³-hybridized carbons (Fsp3) is 0.375. The lowest BCUT2D eigenvalue weighted by Crippen LogP contribution is -2.39. The Bertz CT molecular complexity index is 354. The summed E-state index contributed by atoms with van der Waals surface area (Å²) in [6.07, 6.45) is -3.66. The van der Waals surface area contributed by atoms with Gasteiger partial charge in [0.05, 0.1) is 0 Å². The van der Waals surface area contributed by atoms with E-state index in [9.17, 15) is 13.2 Å². The van der Waals surface area contributed by atoms with Crippen molar-refractivity contribution in [1.29, 1.82) is 0 Å². The van der Waals surface area contributed by atoms with Crippen molar-refractivity contribution in [2.75, 3.05) is 0 Å². The maximum absolute atomic E-state index is 12.1. The van der Waals surface area contributed by atoms with Crippen LogP contribution in [-0.2, 0) is 6.42 Å². The lowest BCUT2D eigenvalue weighted by Gasteiger charge is -2.15. The Morgan fingerprint density at radius 3 is 2.47 bits per heavy atom. The molecule has 0 bridgehead atoms. The number of alkyl halides is 3. The second kappa shape index (κ2) is 4.55. The molecule has 0 amide bonds. The van der Waals surface area contributed by atoms with Gasteiger partial charge >= 0.3 is 6.18 Å². The van der Waals surface area contributed by atoms with Crippen molar-refractivity contribution in [3.05, 3.63) is 28.0 Å². The zero-order chi connectivity index (χ0) is 11.6. The molecule has 1 heterocycles. The Balaban J connectivity index is 2.82. The van der Waals surface area contributed by atoms with Crippen LogP contribution in [0.3, 0.4) is 0 Å². The zero-order valence-corrected chi connectivity index (χ0v) is 8.87. The molecular weight excluding hydrogens is 252 g/mol. The molecule has 1 aromatic rings. The van der Waals surface area contributed by atoms with Crippen molar-refractivity contribution in [2.45, 2.75) is 18.6 Å². The molecule has 1 unspecified atom stereocenters. The number of hydrogen-bond acceptors (Lipinski definition) is 2. The van der Waals surface area contributed by atoms with E-state index >= 15 is 0 Å². The summed E-state index contributed by atoms with van der Waals surface area (Å²) in [4.78, 5) is 3.63. The van der Waals surface area contributed by atoms with E-state index in [0.717, 1.165) is 0 Å². The molecule has 0 aliphatic carbocycles. The Labute approximate surface area is 94.2 Å². The molecule has 1 atom stereocenters. The van der Waals surface area contributed by atoms with Crippen LogP contribution in [0.25, 0.3) is 0 Å². The van der Waals surface area contributed by atoms with Crippen LogP contribution in [0, 0.1) is 0 Å². The van der Waals surface area contributed by atoms with E-state index < -0.39 is 18.6 Å². The third-order valence-corrected chi connectivity index (χ3v) is 2.32. The molecule has 2 nitrogen and oxygen atoms in total. The standard InChI is InChI=1S/C8H7Cl2F3N2/c9-5-2-7(10)15-3-4(5)1-6(14)8(11,12)13/h2-3,6H,1,14H2. The lowest BCUT2D eigenvalue weighted by molar-refractivity contribution is -0.147. The summed E-state index contributed by atoms with van der Waals surface area (Å²) < 4.78 is 36.4. The van der Waals surface area contributed by atoms with Crippen LogP contribution < -0.4 is 5.73 Å². The van der Waals surface area contributed by atoms with E-state index in [0.29, 0.717) is 0 Å². The van der Waals surface area contributed by atoms with Gasteiger partial charge in [-0.25, -0.2) is 4.98 Å². The molecule has 0 saturated carbocycles. The van der Waals surface area contributed by atoms with Crippen molar-refractivity contribution in [2.24, 2.45) is 5.73 Å². The minimum absolute atomic E-state index is 0.129. The minimum Gasteiger partial charge on any atom is -0.320 e. The highest BCUT2D eigenvalue weighted by Gasteiger charge is 2.36. The fourth-order valence-electron chi connectivity index (χ4n) is 0.939. The van der Waals surface area contributed by atoms with Gasteiger partial charge in [0.15, 0.2) is 0 Å². The highest BCUT2D eigenvalue weighted by Crippen LogP contribution is 2.25. The van der Waals surface area contributed by atoms with Gasteiger partial charge in [0, 0.05) is 11.2 Å². The highest BCUT2D eigenvalue weighted by molar-refractivity contribution is 6.34. The molecule has 0 radical (unpaired) electrons. The van der Waals surface area contributed by atoms with Gasteiger partial charge in [-0.2, -0.15) is 13.2 Å². The normalized spacial score (nSPS) is 14.0. The smallest absolute Gasteiger partial charge is 0.320 e. The second-order valence-corrected chi connectivity index (χ2v) is 3.75. The average Bonchev–Trinajstić information content (AvgIpc) is 2.08. The SMILES string of the molecule is NC(Cc1cnc(Cl)cc1Cl)C(F)(F)F. The quantitative estimate of drug-likeness (QED) is 0.829. The van der Waals surface area contributed by atoms with Crippen LogP contribution in [0.2, 0.25) is 10.2 Å². The number of pyridine rings is 1. The first-order chi connectivity index (χ1) is 6.80. The summed E-state index contributed by atoms with van der Waals surface area (Å²) in [5.41, 5.74) is 5.17. The maximum atomic E-state index is 12.1. The predicted octanol–water partition coefficient (Wildman–Crippen LogP) is 2.82. The molecular formula is C8H7Cl2F3N2. The van der Waals surface area contributed by atoms with Gasteiger partial charge in [0.2, 0.25) is 0 Å². The van der Waals surface area contributed by atoms with Crippen molar-refractivity contribution in [3.8, 4) is 0 Å². The number of hydrogen-bond donors (Lipinski definition) is 1. The molecule has 0 saturated heterocycles. The molecule has 84 valence electrons. The molecule has 15 heavy (non-hydrogen) atoms. The van der Waals surface area contributed by atoms with Gasteiger partial charge in [0.1, 0.15) is 11.2 Å². The number of nitrogens with zero attached hydrogens (tertiary/aromatic N) is 1. The largest absolute Gasteiger partial charge is 0.403 e. The number of halogens is 5. The van der Waals surface area contributed by atoms with Crippen LogP contribution in [0.1, 0.15) is 5.56 Å². The first kappa shape index (κ1) is 12.5. The van der Waals surface area contributed by atoms with Crippen LogP contribution in [-0.4, -0.2) is 17.2 Å². The molecule has 0 spiro atoms. The summed E-state index contributed by atoms with van der Waals surface area (Å²) in [6.45, 7) is 0. The van der Waals surface area contributed by atoms with E-state index in [2.05, 4.69) is 4.98 Å². The Morgan fingerprint density at radius 2 is 2.00 bits per heavy atom. The third kappa shape index (κ3) is 3.52. The van der Waals surface area contributed by atoms with E-state index in [1.807, 2.05) is 0 Å². The van der Waals surface area contributed by atoms with E-state index in [-0.39, 0.29) is 15.7 Å². The van der Waals surface area contributed by atoms with Crippen LogP contribution in [0.5, 0.6) is 0 Å². The van der Waals surface area contributed by atoms with Gasteiger partial charge in [-0.15, -0.1) is 0 Å². The van der Waals surface area contributed by atoms with Crippen molar-refractivity contribution in [3.63, 3.8) is 0 Å². The number of rotatable bonds is 2. The molecule has 0 fully saturated rings. The summed E-state index contributed by atoms with van der Waals surface area (Å²) >= 11 is 11.2. The van der Waals surface area contributed by atoms with Gasteiger partial charge in [-0.05, 0) is 18.1 Å². The lowest BCUT2D eigenvalue weighted by atomic mass is 10.1. The summed E-state index contributed by atoms with van der Waals surface area (Å²) in [5, 5.41) is 0.263. The maximum Gasteiger partial charge on any atom is 0.403 e. The van der Waals surface area contributed by atoms with Crippen LogP contribution in [0.4, 0.5) is 13.2 Å². The molecule has 0 aliphatic heterocycles. The number of nitrogens with two attached hydrogens (primary N) is 1. The van der Waals surface area contributed by atoms with Gasteiger partial charge in [-0.1, -0.05) is 23.2 Å². The Morgan fingerprint density at radius 1 is 1.40 bits per heavy atom. The molecule has 0 aromatic carbocycles. The Hall–Kier alpha value is -0.520. The summed E-state index contributed by atoms with van der Waals surface area (Å²) in [6, 6.07) is -0.667. The molecule has 1 rings (SSSR count). The average molecular weight is 259 g/mol. The van der Waals surface area contributed by atoms with E-state index in [1.165, 1.54) is 12.3 Å². The van der Waals surface area contributed by atoms with Crippen LogP contribution >= 0.6 is 23.2 Å². The summed E-state index contributed by atoms with van der Waals surface area (Å²) in [7, 11) is 0. The van der Waals surface area contributed by atoms with E-state index in [1.54, 1.807) is 0 Å². The van der Waals surface area contributed by atoms with E-state index in [4.69, 9.17) is 28.9 Å². The number of aromatic nitrogens is 1. The summed E-state index contributed by atoms with van der Waals surface area (Å²) in [5.74, 6) is 0. The monoisotopic (exact) mass is 258 g/mol. The first-order valence-corrected chi connectivity index (χ1v) is 4.68. The van der Waals surface area contributed by atoms with Gasteiger partial charge in [0.25, 0.3) is 0 Å². The topological polar surface area (TPSA) is 38.9 Å². The minimum atomic E-state index is -4.44. The molecule has 7 heteroatoms. The van der Waals surface area contributed by atoms with Gasteiger partial charge < -0.3 is 5.73 Å². The molecule has 1 aromatic heterocycles. The van der Waals surface area contributed by atoms with Crippen molar-refractivity contribution < 1.29 is 13.2 Å². The fourth-order valence-corrected chi connectivity index (χ4v) is 1.38. The van der Waals surface area contributed by atoms with Crippen LogP contribution in [0.15, 0.2) is 12.3 Å².